The molecule has 2 saturated heterocycles. The summed E-state index contributed by atoms with van der Waals surface area (Å²) in [5, 5.41) is 25.4. The molecule has 216 valence electrons. The van der Waals surface area contributed by atoms with Crippen LogP contribution in [0.4, 0.5) is 0 Å². The third kappa shape index (κ3) is 3.76. The lowest BCUT2D eigenvalue weighted by molar-refractivity contribution is -0.626. The number of aliphatic hydroxyl groups is 1. The molecular weight excluding hydrogens is 520 g/mol. The Bertz CT molecular complexity index is 1640. The molecule has 2 aliphatic rings. The van der Waals surface area contributed by atoms with Gasteiger partial charge in [-0.05, 0) is 33.7 Å². The van der Waals surface area contributed by atoms with Gasteiger partial charge in [-0.3, -0.25) is 0 Å². The molecule has 0 spiro atoms. The van der Waals surface area contributed by atoms with Crippen molar-refractivity contribution in [1.82, 2.24) is 0 Å². The number of hydrogen-bond acceptors (Lipinski definition) is 7. The zero-order valence-corrected chi connectivity index (χ0v) is 24.5. The molecule has 2 heterocycles. The lowest BCUT2D eigenvalue weighted by atomic mass is 9.57. The van der Waals surface area contributed by atoms with E-state index < -0.39 is 11.4 Å². The molecule has 0 unspecified atom stereocenters. The second-order valence-corrected chi connectivity index (χ2v) is 12.7. The fourth-order valence-electron chi connectivity index (χ4n) is 7.25. The minimum absolute atomic E-state index is 0.101. The van der Waals surface area contributed by atoms with Crippen molar-refractivity contribution in [1.29, 1.82) is 0 Å². The Hall–Kier alpha value is -3.20. The average molecular weight is 559 g/mol. The number of benzene rings is 4. The highest BCUT2D eigenvalue weighted by molar-refractivity contribution is 6.11. The maximum Gasteiger partial charge on any atom is 0.262 e. The molecule has 0 amide bonds. The molecule has 0 radical (unpaired) electrons. The van der Waals surface area contributed by atoms with E-state index in [1.807, 2.05) is 54.6 Å². The SMILES string of the molecule is COCCOc1c(CO)cc2ccccc2c1-c1c(O)ccc2c([C@]34OCC(C)(C)[C@@]3(C(C)(C)C)OO4)cccc12. The van der Waals surface area contributed by atoms with E-state index in [0.29, 0.717) is 35.7 Å². The van der Waals surface area contributed by atoms with Crippen LogP contribution in [0.1, 0.15) is 45.7 Å². The Morgan fingerprint density at radius 3 is 2.32 bits per heavy atom. The average Bonchev–Trinajstić information content (AvgIpc) is 3.08. The largest absolute Gasteiger partial charge is 0.507 e. The molecule has 7 heteroatoms. The second-order valence-electron chi connectivity index (χ2n) is 12.7. The van der Waals surface area contributed by atoms with Gasteiger partial charge in [-0.1, -0.05) is 83.1 Å². The number of aliphatic hydroxyl groups excluding tert-OH is 1. The van der Waals surface area contributed by atoms with Gasteiger partial charge < -0.3 is 24.4 Å². The van der Waals surface area contributed by atoms with E-state index in [0.717, 1.165) is 27.1 Å². The van der Waals surface area contributed by atoms with Crippen LogP contribution in [0.3, 0.4) is 0 Å². The lowest BCUT2D eigenvalue weighted by Gasteiger charge is -2.61. The first-order valence-electron chi connectivity index (χ1n) is 14.1. The number of methoxy groups -OCH3 is 1. The molecule has 0 saturated carbocycles. The van der Waals surface area contributed by atoms with E-state index in [-0.39, 0.29) is 29.8 Å². The fraction of sp³-hybridized carbons (Fsp3) is 0.412. The van der Waals surface area contributed by atoms with Crippen LogP contribution in [0.25, 0.3) is 32.7 Å². The molecule has 2 fully saturated rings. The van der Waals surface area contributed by atoms with Crippen molar-refractivity contribution in [3.05, 3.63) is 71.8 Å². The van der Waals surface area contributed by atoms with Crippen LogP contribution in [-0.4, -0.2) is 42.7 Å². The van der Waals surface area contributed by atoms with Crippen molar-refractivity contribution >= 4 is 21.5 Å². The Balaban J connectivity index is 1.66. The minimum Gasteiger partial charge on any atom is -0.507 e. The van der Waals surface area contributed by atoms with E-state index in [9.17, 15) is 10.2 Å². The number of fused-ring (bicyclic) bond motifs is 3. The van der Waals surface area contributed by atoms with E-state index >= 15 is 0 Å². The summed E-state index contributed by atoms with van der Waals surface area (Å²) in [4.78, 5) is 12.1. The Morgan fingerprint density at radius 2 is 1.63 bits per heavy atom. The van der Waals surface area contributed by atoms with Crippen molar-refractivity contribution in [2.24, 2.45) is 10.8 Å². The predicted molar refractivity (Wildman–Crippen MR) is 158 cm³/mol. The zero-order chi connectivity index (χ0) is 29.2. The summed E-state index contributed by atoms with van der Waals surface area (Å²) < 4.78 is 18.1. The van der Waals surface area contributed by atoms with Gasteiger partial charge in [0.2, 0.25) is 0 Å². The van der Waals surface area contributed by atoms with Crippen molar-refractivity contribution < 1.29 is 34.2 Å². The first kappa shape index (κ1) is 27.9. The number of phenols is 1. The van der Waals surface area contributed by atoms with Gasteiger partial charge in [0.25, 0.3) is 5.79 Å². The maximum absolute atomic E-state index is 11.5. The zero-order valence-electron chi connectivity index (χ0n) is 24.5. The molecule has 2 N–H and O–H groups in total. The Kier molecular flexibility index (Phi) is 6.60. The van der Waals surface area contributed by atoms with Crippen LogP contribution in [-0.2, 0) is 31.6 Å². The van der Waals surface area contributed by atoms with Crippen LogP contribution in [0, 0.1) is 10.8 Å². The number of ether oxygens (including phenoxy) is 3. The molecule has 7 nitrogen and oxygen atoms in total. The minimum atomic E-state index is -1.13. The van der Waals surface area contributed by atoms with Crippen molar-refractivity contribution in [3.63, 3.8) is 0 Å². The van der Waals surface area contributed by atoms with E-state index in [2.05, 4.69) is 34.6 Å². The monoisotopic (exact) mass is 558 g/mol. The van der Waals surface area contributed by atoms with E-state index in [1.165, 1.54) is 0 Å². The molecule has 4 aromatic rings. The quantitative estimate of drug-likeness (QED) is 0.190. The lowest BCUT2D eigenvalue weighted by Crippen LogP contribution is -2.73. The third-order valence-electron chi connectivity index (χ3n) is 8.82. The van der Waals surface area contributed by atoms with Gasteiger partial charge in [-0.2, -0.15) is 4.89 Å². The second kappa shape index (κ2) is 9.68. The fourth-order valence-corrected chi connectivity index (χ4v) is 7.25. The molecular formula is C34H38O7. The van der Waals surface area contributed by atoms with Crippen LogP contribution in [0.15, 0.2) is 60.7 Å². The summed E-state index contributed by atoms with van der Waals surface area (Å²) in [7, 11) is 1.62. The molecule has 6 rings (SSSR count). The molecule has 2 atom stereocenters. The summed E-state index contributed by atoms with van der Waals surface area (Å²) in [5.74, 6) is -0.514. The first-order chi connectivity index (χ1) is 19.5. The van der Waals surface area contributed by atoms with Gasteiger partial charge in [0.15, 0.2) is 5.60 Å². The van der Waals surface area contributed by atoms with Crippen molar-refractivity contribution in [2.75, 3.05) is 26.9 Å². The predicted octanol–water partition coefficient (Wildman–Crippen LogP) is 6.84. The summed E-state index contributed by atoms with van der Waals surface area (Å²) in [6, 6.07) is 19.4. The van der Waals surface area contributed by atoms with Crippen LogP contribution in [0.5, 0.6) is 11.5 Å². The van der Waals surface area contributed by atoms with Crippen LogP contribution in [0.2, 0.25) is 0 Å². The molecule has 0 aromatic heterocycles. The highest BCUT2D eigenvalue weighted by atomic mass is 17.3. The molecule has 4 aromatic carbocycles. The van der Waals surface area contributed by atoms with E-state index in [4.69, 9.17) is 24.0 Å². The summed E-state index contributed by atoms with van der Waals surface area (Å²) in [5.41, 5.74) is 1.38. The van der Waals surface area contributed by atoms with Crippen molar-refractivity contribution in [3.8, 4) is 22.6 Å². The van der Waals surface area contributed by atoms with Gasteiger partial charge in [-0.15, -0.1) is 0 Å². The number of phenolic OH excluding ortho intramolecular Hbond substituents is 1. The molecule has 0 aliphatic carbocycles. The Morgan fingerprint density at radius 1 is 0.878 bits per heavy atom. The summed E-state index contributed by atoms with van der Waals surface area (Å²) in [6.45, 7) is 11.7. The molecule has 0 bridgehead atoms. The van der Waals surface area contributed by atoms with Gasteiger partial charge >= 0.3 is 0 Å². The van der Waals surface area contributed by atoms with Gasteiger partial charge in [0.05, 0.1) is 19.8 Å². The molecule has 2 aliphatic heterocycles. The van der Waals surface area contributed by atoms with Gasteiger partial charge in [0.1, 0.15) is 18.1 Å². The van der Waals surface area contributed by atoms with Gasteiger partial charge in [0, 0.05) is 40.2 Å². The maximum atomic E-state index is 11.5. The Labute approximate surface area is 240 Å². The van der Waals surface area contributed by atoms with Crippen LogP contribution >= 0.6 is 0 Å². The first-order valence-corrected chi connectivity index (χ1v) is 14.1. The summed E-state index contributed by atoms with van der Waals surface area (Å²) in [6.07, 6.45) is 0. The highest BCUT2D eigenvalue weighted by Crippen LogP contribution is 2.69. The number of rotatable bonds is 7. The third-order valence-corrected chi connectivity index (χ3v) is 8.82. The standard InChI is InChI=1S/C34H38O7/c1-31(2,3)34-32(4,5)20-39-33(34,40-41-34)26-13-9-12-25-24(26)14-15-27(36)28(25)29-23-11-8-7-10-21(23)18-22(19-35)30(29)38-17-16-37-6/h7-15,18,35-36H,16-17,19-20H2,1-6H3/t33-,34-/m1/s1. The van der Waals surface area contributed by atoms with Gasteiger partial charge in [-0.25, -0.2) is 4.89 Å². The number of hydrogen-bond donors (Lipinski definition) is 2. The smallest absolute Gasteiger partial charge is 0.262 e. The normalized spacial score (nSPS) is 23.5. The highest BCUT2D eigenvalue weighted by Gasteiger charge is 2.81. The van der Waals surface area contributed by atoms with Crippen molar-refractivity contribution in [2.45, 2.75) is 52.6 Å². The van der Waals surface area contributed by atoms with E-state index in [1.54, 1.807) is 13.2 Å². The molecule has 41 heavy (non-hydrogen) atoms. The topological polar surface area (TPSA) is 86.6 Å². The van der Waals surface area contributed by atoms with Crippen LogP contribution < -0.4 is 4.74 Å². The number of aromatic hydroxyl groups is 1. The summed E-state index contributed by atoms with van der Waals surface area (Å²) >= 11 is 0.